The predicted octanol–water partition coefficient (Wildman–Crippen LogP) is 6.13. The summed E-state index contributed by atoms with van der Waals surface area (Å²) in [6.07, 6.45) is -0.817. The van der Waals surface area contributed by atoms with Crippen LogP contribution in [0.25, 0.3) is 10.8 Å². The number of benzene rings is 3. The van der Waals surface area contributed by atoms with Gasteiger partial charge >= 0.3 is 5.97 Å². The maximum absolute atomic E-state index is 12.1. The molecule has 0 unspecified atom stereocenters. The lowest BCUT2D eigenvalue weighted by Gasteiger charge is -2.07. The van der Waals surface area contributed by atoms with E-state index in [9.17, 15) is 18.4 Å². The van der Waals surface area contributed by atoms with Crippen molar-refractivity contribution in [1.29, 1.82) is 0 Å². The van der Waals surface area contributed by atoms with Crippen molar-refractivity contribution in [2.24, 2.45) is 0 Å². The second kappa shape index (κ2) is 10.5. The molecule has 0 heterocycles. The van der Waals surface area contributed by atoms with Gasteiger partial charge in [0.15, 0.2) is 0 Å². The van der Waals surface area contributed by atoms with Crippen LogP contribution in [0.1, 0.15) is 29.6 Å². The van der Waals surface area contributed by atoms with Crippen LogP contribution >= 0.6 is 11.8 Å². The highest BCUT2D eigenvalue weighted by Crippen LogP contribution is 2.30. The van der Waals surface area contributed by atoms with Crippen LogP contribution in [-0.4, -0.2) is 11.9 Å². The van der Waals surface area contributed by atoms with E-state index in [1.165, 1.54) is 5.39 Å². The quantitative estimate of drug-likeness (QED) is 0.364. The summed E-state index contributed by atoms with van der Waals surface area (Å²) in [4.78, 5) is 30.3. The molecule has 3 aromatic carbocycles. The number of carbonyl (C=O) groups is 2. The molecule has 0 spiro atoms. The van der Waals surface area contributed by atoms with Crippen molar-refractivity contribution >= 4 is 34.4 Å². The minimum atomic E-state index is -1.78. The summed E-state index contributed by atoms with van der Waals surface area (Å²) < 4.78 is 23.8. The molecule has 1 amide bonds. The first-order valence-electron chi connectivity index (χ1n) is 9.29. The van der Waals surface area contributed by atoms with Crippen LogP contribution < -0.4 is 5.48 Å². The maximum Gasteiger partial charge on any atom is 0.332 e. The number of hydroxylamine groups is 1. The fourth-order valence-electron chi connectivity index (χ4n) is 2.71. The Labute approximate surface area is 176 Å². The number of unbranched alkanes of at least 4 members (excludes halogenated alkanes) is 1. The van der Waals surface area contributed by atoms with Crippen molar-refractivity contribution in [3.05, 3.63) is 84.5 Å². The van der Waals surface area contributed by atoms with E-state index in [0.717, 1.165) is 21.3 Å². The smallest absolute Gasteiger partial charge is 0.332 e. The Kier molecular flexibility index (Phi) is 7.57. The van der Waals surface area contributed by atoms with Crippen LogP contribution in [0.2, 0.25) is 0 Å². The molecule has 30 heavy (non-hydrogen) atoms. The maximum atomic E-state index is 12.1. The van der Waals surface area contributed by atoms with Gasteiger partial charge in [-0.3, -0.25) is 4.79 Å². The van der Waals surface area contributed by atoms with Gasteiger partial charge in [0.05, 0.1) is 0 Å². The van der Waals surface area contributed by atoms with Crippen molar-refractivity contribution in [3.63, 3.8) is 0 Å². The van der Waals surface area contributed by atoms with Crippen LogP contribution in [0, 0.1) is 0 Å². The van der Waals surface area contributed by atoms with Crippen molar-refractivity contribution < 1.29 is 23.2 Å². The predicted molar refractivity (Wildman–Crippen MR) is 112 cm³/mol. The molecule has 0 atom stereocenters. The minimum absolute atomic E-state index is 0.0641. The van der Waals surface area contributed by atoms with Gasteiger partial charge in [-0.25, -0.2) is 4.79 Å². The Bertz CT molecular complexity index is 1060. The molecule has 0 bridgehead atoms. The van der Waals surface area contributed by atoms with Gasteiger partial charge in [-0.05, 0) is 66.1 Å². The molecule has 7 heteroatoms. The van der Waals surface area contributed by atoms with Gasteiger partial charge in [-0.2, -0.15) is 14.3 Å². The van der Waals surface area contributed by atoms with E-state index >= 15 is 0 Å². The van der Waals surface area contributed by atoms with E-state index in [-0.39, 0.29) is 19.3 Å². The van der Waals surface area contributed by atoms with Crippen molar-refractivity contribution in [2.45, 2.75) is 29.1 Å². The Balaban J connectivity index is 1.50. The largest absolute Gasteiger partial charge is 0.341 e. The molecule has 0 radical (unpaired) electrons. The molecular formula is C23H19F2NO3S. The third kappa shape index (κ3) is 6.42. The molecule has 0 aliphatic rings. The van der Waals surface area contributed by atoms with E-state index in [4.69, 9.17) is 0 Å². The standard InChI is InChI=1S/C23H19F2NO3S/c24-21(25)7-3-4-8-22(27)29-26-23(28)17-10-12-19(13-11-17)30-20-14-9-16-5-1-2-6-18(16)15-20/h1-2,5-7,9-15H,3-4,8H2,(H,26,28). The first kappa shape index (κ1) is 21.5. The molecular weight excluding hydrogens is 408 g/mol. The van der Waals surface area contributed by atoms with Crippen LogP contribution in [0.15, 0.2) is 88.7 Å². The molecule has 3 rings (SSSR count). The van der Waals surface area contributed by atoms with Gasteiger partial charge in [0.2, 0.25) is 0 Å². The van der Waals surface area contributed by atoms with Gasteiger partial charge in [0.25, 0.3) is 12.0 Å². The summed E-state index contributed by atoms with van der Waals surface area (Å²) in [5, 5.41) is 2.33. The number of halogens is 2. The average molecular weight is 427 g/mol. The third-order valence-electron chi connectivity index (χ3n) is 4.21. The fraction of sp³-hybridized carbons (Fsp3) is 0.130. The van der Waals surface area contributed by atoms with E-state index in [1.54, 1.807) is 23.9 Å². The summed E-state index contributed by atoms with van der Waals surface area (Å²) >= 11 is 1.58. The van der Waals surface area contributed by atoms with Crippen molar-refractivity contribution in [1.82, 2.24) is 5.48 Å². The fourth-order valence-corrected chi connectivity index (χ4v) is 3.58. The number of nitrogens with one attached hydrogen (secondary N) is 1. The Morgan fingerprint density at radius 2 is 1.63 bits per heavy atom. The van der Waals surface area contributed by atoms with E-state index in [0.29, 0.717) is 5.56 Å². The van der Waals surface area contributed by atoms with E-state index < -0.39 is 18.0 Å². The van der Waals surface area contributed by atoms with Crippen LogP contribution in [0.5, 0.6) is 0 Å². The summed E-state index contributed by atoms with van der Waals surface area (Å²) in [7, 11) is 0. The summed E-state index contributed by atoms with van der Waals surface area (Å²) in [6.45, 7) is 0. The second-order valence-electron chi connectivity index (χ2n) is 6.43. The summed E-state index contributed by atoms with van der Waals surface area (Å²) in [5.41, 5.74) is 2.42. The highest BCUT2D eigenvalue weighted by molar-refractivity contribution is 7.99. The lowest BCUT2D eigenvalue weighted by Crippen LogP contribution is -2.26. The number of hydrogen-bond acceptors (Lipinski definition) is 4. The number of fused-ring (bicyclic) bond motifs is 1. The molecule has 0 saturated carbocycles. The third-order valence-corrected chi connectivity index (χ3v) is 5.21. The number of allylic oxidation sites excluding steroid dienone is 1. The summed E-state index contributed by atoms with van der Waals surface area (Å²) in [5.74, 6) is -1.24. The van der Waals surface area contributed by atoms with Gasteiger partial charge in [0, 0.05) is 21.8 Å². The van der Waals surface area contributed by atoms with Crippen LogP contribution in [-0.2, 0) is 9.63 Å². The molecule has 3 aromatic rings. The normalized spacial score (nSPS) is 10.5. The molecule has 0 aliphatic carbocycles. The molecule has 0 fully saturated rings. The number of amides is 1. The summed E-state index contributed by atoms with van der Waals surface area (Å²) in [6, 6.07) is 21.3. The van der Waals surface area contributed by atoms with E-state index in [2.05, 4.69) is 34.6 Å². The number of hydrogen-bond donors (Lipinski definition) is 1. The lowest BCUT2D eigenvalue weighted by molar-refractivity contribution is -0.149. The molecule has 0 saturated heterocycles. The molecule has 154 valence electrons. The topological polar surface area (TPSA) is 55.4 Å². The number of rotatable bonds is 7. The van der Waals surface area contributed by atoms with Gasteiger partial charge in [-0.15, -0.1) is 0 Å². The zero-order valence-corrected chi connectivity index (χ0v) is 16.8. The second-order valence-corrected chi connectivity index (χ2v) is 7.57. The zero-order valence-electron chi connectivity index (χ0n) is 15.9. The first-order chi connectivity index (χ1) is 14.5. The highest BCUT2D eigenvalue weighted by Gasteiger charge is 2.09. The Morgan fingerprint density at radius 1 is 0.933 bits per heavy atom. The molecule has 1 N–H and O–H groups in total. The first-order valence-corrected chi connectivity index (χ1v) is 10.1. The highest BCUT2D eigenvalue weighted by atomic mass is 32.2. The number of carbonyl (C=O) groups excluding carboxylic acids is 2. The van der Waals surface area contributed by atoms with Crippen molar-refractivity contribution in [2.75, 3.05) is 0 Å². The Hall–Kier alpha value is -3.19. The van der Waals surface area contributed by atoms with Crippen LogP contribution in [0.3, 0.4) is 0 Å². The lowest BCUT2D eigenvalue weighted by atomic mass is 10.1. The van der Waals surface area contributed by atoms with E-state index in [1.807, 2.05) is 30.3 Å². The van der Waals surface area contributed by atoms with Gasteiger partial charge in [0.1, 0.15) is 0 Å². The van der Waals surface area contributed by atoms with Gasteiger partial charge in [-0.1, -0.05) is 42.1 Å². The SMILES string of the molecule is O=C(CCCC=C(F)F)ONC(=O)c1ccc(Sc2ccc3ccccc3c2)cc1. The monoisotopic (exact) mass is 427 g/mol. The van der Waals surface area contributed by atoms with Gasteiger partial charge < -0.3 is 4.84 Å². The zero-order chi connectivity index (χ0) is 21.3. The molecule has 4 nitrogen and oxygen atoms in total. The minimum Gasteiger partial charge on any atom is -0.341 e. The molecule has 0 aliphatic heterocycles. The van der Waals surface area contributed by atoms with Crippen LogP contribution in [0.4, 0.5) is 8.78 Å². The Morgan fingerprint density at radius 3 is 2.37 bits per heavy atom. The average Bonchev–Trinajstić information content (AvgIpc) is 2.75. The van der Waals surface area contributed by atoms with Crippen molar-refractivity contribution in [3.8, 4) is 0 Å². The molecule has 0 aromatic heterocycles.